The topological polar surface area (TPSA) is 17.3 Å². The van der Waals surface area contributed by atoms with E-state index in [1.807, 2.05) is 26.0 Å². The first kappa shape index (κ1) is 44.6. The van der Waals surface area contributed by atoms with E-state index in [4.69, 9.17) is 4.99 Å². The number of aryl methyl sites for hydroxylation is 2. The van der Waals surface area contributed by atoms with E-state index in [0.717, 1.165) is 36.2 Å². The lowest BCUT2D eigenvalue weighted by molar-refractivity contribution is 0.853. The molecule has 324 valence electrons. The highest BCUT2D eigenvalue weighted by molar-refractivity contribution is 6.13. The predicted molar refractivity (Wildman–Crippen MR) is 284 cm³/mol. The van der Waals surface area contributed by atoms with Gasteiger partial charge < -0.3 is 4.57 Å². The summed E-state index contributed by atoms with van der Waals surface area (Å²) >= 11 is 0. The number of hydrogen-bond acceptors (Lipinski definition) is 1. The van der Waals surface area contributed by atoms with Crippen molar-refractivity contribution in [3.8, 4) is 22.3 Å². The van der Waals surface area contributed by atoms with E-state index < -0.39 is 0 Å². The molecule has 1 heterocycles. The average molecular weight is 847 g/mol. The molecule has 2 aliphatic rings. The fourth-order valence-corrected chi connectivity index (χ4v) is 9.44. The van der Waals surface area contributed by atoms with Crippen LogP contribution in [0.1, 0.15) is 99.1 Å². The maximum absolute atomic E-state index is 5.04. The molecule has 2 aliphatic carbocycles. The van der Waals surface area contributed by atoms with E-state index >= 15 is 0 Å². The molecule has 0 fully saturated rings. The molecule has 0 aliphatic heterocycles. The Morgan fingerprint density at radius 2 is 1.34 bits per heavy atom. The second-order valence-corrected chi connectivity index (χ2v) is 17.2. The Morgan fingerprint density at radius 1 is 0.646 bits per heavy atom. The van der Waals surface area contributed by atoms with Crippen molar-refractivity contribution in [3.63, 3.8) is 0 Å². The van der Waals surface area contributed by atoms with Crippen LogP contribution in [0.5, 0.6) is 0 Å². The highest BCUT2D eigenvalue weighted by Gasteiger charge is 2.21. The quantitative estimate of drug-likeness (QED) is 0.136. The summed E-state index contributed by atoms with van der Waals surface area (Å²) in [5.41, 5.74) is 20.3. The second-order valence-electron chi connectivity index (χ2n) is 17.2. The zero-order valence-corrected chi connectivity index (χ0v) is 39.2. The lowest BCUT2D eigenvalue weighted by Gasteiger charge is -2.20. The molecule has 0 spiro atoms. The van der Waals surface area contributed by atoms with Crippen molar-refractivity contribution in [1.29, 1.82) is 0 Å². The summed E-state index contributed by atoms with van der Waals surface area (Å²) in [6, 6.07) is 58.8. The summed E-state index contributed by atoms with van der Waals surface area (Å²) in [7, 11) is 0. The lowest BCUT2D eigenvalue weighted by Crippen LogP contribution is -2.03. The summed E-state index contributed by atoms with van der Waals surface area (Å²) in [5, 5.41) is 2.65. The molecule has 10 rings (SSSR count). The van der Waals surface area contributed by atoms with Crippen molar-refractivity contribution >= 4 is 44.5 Å². The van der Waals surface area contributed by atoms with E-state index in [0.29, 0.717) is 11.8 Å². The van der Waals surface area contributed by atoms with Crippen LogP contribution in [0.4, 0.5) is 5.69 Å². The molecule has 1 atom stereocenters. The number of allylic oxidation sites excluding steroid dienone is 8. The zero-order valence-electron chi connectivity index (χ0n) is 39.2. The molecule has 0 amide bonds. The van der Waals surface area contributed by atoms with E-state index in [-0.39, 0.29) is 0 Å². The van der Waals surface area contributed by atoms with Gasteiger partial charge in [-0.25, -0.2) is 0 Å². The highest BCUT2D eigenvalue weighted by Crippen LogP contribution is 2.42. The van der Waals surface area contributed by atoms with Gasteiger partial charge in [0.25, 0.3) is 0 Å². The Bertz CT molecular complexity index is 3080. The van der Waals surface area contributed by atoms with E-state index in [1.54, 1.807) is 0 Å². The predicted octanol–water partition coefficient (Wildman–Crippen LogP) is 18.0. The van der Waals surface area contributed by atoms with Gasteiger partial charge in [0, 0.05) is 33.7 Å². The molecule has 65 heavy (non-hydrogen) atoms. The Balaban J connectivity index is 0.000000190. The number of hydrogen-bond donors (Lipinski definition) is 0. The van der Waals surface area contributed by atoms with Crippen LogP contribution in [-0.4, -0.2) is 10.3 Å². The van der Waals surface area contributed by atoms with Crippen LogP contribution in [0.15, 0.2) is 205 Å². The van der Waals surface area contributed by atoms with Gasteiger partial charge in [-0.1, -0.05) is 216 Å². The van der Waals surface area contributed by atoms with Crippen LogP contribution >= 0.6 is 0 Å². The number of para-hydroxylation sites is 2. The van der Waals surface area contributed by atoms with Crippen LogP contribution in [0.25, 0.3) is 55.3 Å². The molecule has 1 unspecified atom stereocenters. The van der Waals surface area contributed by atoms with Gasteiger partial charge in [-0.2, -0.15) is 0 Å². The number of rotatable bonds is 8. The van der Waals surface area contributed by atoms with Crippen molar-refractivity contribution in [2.24, 2.45) is 4.99 Å². The van der Waals surface area contributed by atoms with Crippen LogP contribution in [-0.2, 0) is 0 Å². The van der Waals surface area contributed by atoms with E-state index in [1.165, 1.54) is 83.1 Å². The largest absolute Gasteiger partial charge is 0.313 e. The first-order valence-electron chi connectivity index (χ1n) is 23.6. The Hall–Kier alpha value is -7.03. The van der Waals surface area contributed by atoms with Crippen molar-refractivity contribution in [1.82, 2.24) is 4.57 Å². The van der Waals surface area contributed by atoms with Gasteiger partial charge in [0.05, 0.1) is 16.7 Å². The molecule has 2 heteroatoms. The molecule has 1 aromatic heterocycles. The number of aliphatic imine (C=N–C) groups is 1. The van der Waals surface area contributed by atoms with Crippen LogP contribution in [0.3, 0.4) is 0 Å². The van der Waals surface area contributed by atoms with Crippen molar-refractivity contribution in [2.75, 3.05) is 0 Å². The zero-order chi connectivity index (χ0) is 45.3. The van der Waals surface area contributed by atoms with Gasteiger partial charge in [0.15, 0.2) is 0 Å². The number of nitrogens with zero attached hydrogens (tertiary/aromatic N) is 2. The Kier molecular flexibility index (Phi) is 14.2. The minimum Gasteiger partial charge on any atom is -0.313 e. The monoisotopic (exact) mass is 846 g/mol. The number of fused-ring (bicyclic) bond motifs is 3. The van der Waals surface area contributed by atoms with Gasteiger partial charge in [0.1, 0.15) is 0 Å². The molecule has 8 aromatic rings. The second kappa shape index (κ2) is 20.6. The van der Waals surface area contributed by atoms with Crippen molar-refractivity contribution < 1.29 is 0 Å². The average Bonchev–Trinajstić information content (AvgIpc) is 3.71. The molecule has 2 nitrogen and oxygen atoms in total. The normalized spacial score (nSPS) is 14.6. The van der Waals surface area contributed by atoms with Crippen LogP contribution in [0, 0.1) is 13.8 Å². The summed E-state index contributed by atoms with van der Waals surface area (Å²) in [5.74, 6) is 0.887. The minimum absolute atomic E-state index is 0.427. The number of benzene rings is 7. The lowest BCUT2D eigenvalue weighted by atomic mass is 9.89. The van der Waals surface area contributed by atoms with E-state index in [9.17, 15) is 0 Å². The van der Waals surface area contributed by atoms with E-state index in [2.05, 4.69) is 227 Å². The maximum Gasteiger partial charge on any atom is 0.0745 e. The van der Waals surface area contributed by atoms with Gasteiger partial charge >= 0.3 is 0 Å². The maximum atomic E-state index is 5.04. The summed E-state index contributed by atoms with van der Waals surface area (Å²) in [6.07, 6.45) is 16.9. The summed E-state index contributed by atoms with van der Waals surface area (Å²) in [4.78, 5) is 5.04. The summed E-state index contributed by atoms with van der Waals surface area (Å²) < 4.78 is 2.55. The van der Waals surface area contributed by atoms with Crippen LogP contribution < -0.4 is 0 Å². The van der Waals surface area contributed by atoms with Gasteiger partial charge in [-0.3, -0.25) is 4.99 Å². The van der Waals surface area contributed by atoms with Crippen molar-refractivity contribution in [3.05, 3.63) is 234 Å². The van der Waals surface area contributed by atoms with Gasteiger partial charge in [0.2, 0.25) is 0 Å². The fraction of sp³-hybridized carbons (Fsp3) is 0.190. The highest BCUT2D eigenvalue weighted by atomic mass is 15.0. The van der Waals surface area contributed by atoms with Gasteiger partial charge in [-0.05, 0) is 114 Å². The minimum atomic E-state index is 0.427. The Morgan fingerprint density at radius 3 is 2.09 bits per heavy atom. The fourth-order valence-electron chi connectivity index (χ4n) is 9.44. The molecule has 0 radical (unpaired) electrons. The first-order valence-corrected chi connectivity index (χ1v) is 23.6. The molecule has 0 saturated heterocycles. The third-order valence-electron chi connectivity index (χ3n) is 12.8. The van der Waals surface area contributed by atoms with Crippen LogP contribution in [0.2, 0.25) is 0 Å². The molecule has 7 aromatic carbocycles. The number of aromatic nitrogens is 1. The summed E-state index contributed by atoms with van der Waals surface area (Å²) in [6.45, 7) is 15.0. The molecule has 0 saturated carbocycles. The first-order chi connectivity index (χ1) is 31.9. The van der Waals surface area contributed by atoms with Gasteiger partial charge in [-0.15, -0.1) is 0 Å². The molecular weight excluding hydrogens is 785 g/mol. The third kappa shape index (κ3) is 9.59. The Labute approximate surface area is 387 Å². The SMILES string of the molecule is CC.CC(=Nc1c(-c2ccccc2)cccc1C(C)C)c1ccccc1.Cc1ccccc1-c1ccc2c3ccccc3n(C3=CC(c4cccc(C5C=CC=CC5)c4)=CCC3)c2c1C. The van der Waals surface area contributed by atoms with Crippen molar-refractivity contribution in [2.45, 2.75) is 79.6 Å². The smallest absolute Gasteiger partial charge is 0.0745 e. The molecule has 0 bridgehead atoms. The molecule has 0 N–H and O–H groups in total. The third-order valence-corrected chi connectivity index (χ3v) is 12.8. The standard InChI is InChI=1S/C38H33N.C23H23N.C2H6/c1-26-12-6-7-19-33(26)34-22-23-36-35-20-8-9-21-37(35)39(38(36)27(34)2)32-18-11-17-31(25-32)30-16-10-15-29(24-30)28-13-4-3-5-14-28;1-17(2)21-15-10-16-22(20-13-8-5-9-14-20)23(21)24-18(3)19-11-6-4-7-12-19;1-2/h3-10,12-13,15-17,19-25,28H,11,14,18H2,1-2H3;4-17H,1-3H3;1-2H3. The molecular formula is C63H62N2.